The Morgan fingerprint density at radius 2 is 2.40 bits per heavy atom. The summed E-state index contributed by atoms with van der Waals surface area (Å²) in [5.74, 6) is -1.22. The number of benzene rings is 1. The first-order valence-electron chi connectivity index (χ1n) is 4.02. The molecular weight excluding hydrogens is 223 g/mol. The number of carbonyl (C=O) groups excluding carboxylic acids is 1. The number of aliphatic hydroxyl groups is 1. The fourth-order valence-electron chi connectivity index (χ4n) is 0.838. The molecule has 1 rings (SSSR count). The third-order valence-corrected chi connectivity index (χ3v) is 1.86. The minimum Gasteiger partial charge on any atom is -0.386 e. The van der Waals surface area contributed by atoms with E-state index in [1.807, 2.05) is 5.43 Å². The SMILES string of the molecule is O=C(CO)N/N=C\c1c(F)cccc1Cl. The molecule has 0 saturated carbocycles. The molecule has 2 N–H and O–H groups in total. The van der Waals surface area contributed by atoms with Crippen molar-refractivity contribution in [2.24, 2.45) is 5.10 Å². The molecule has 0 heterocycles. The van der Waals surface area contributed by atoms with Crippen LogP contribution in [0.25, 0.3) is 0 Å². The number of halogens is 2. The van der Waals surface area contributed by atoms with Crippen molar-refractivity contribution in [3.63, 3.8) is 0 Å². The van der Waals surface area contributed by atoms with Gasteiger partial charge in [0.25, 0.3) is 5.91 Å². The van der Waals surface area contributed by atoms with E-state index in [4.69, 9.17) is 16.7 Å². The Bertz CT molecular complexity index is 375. The molecule has 80 valence electrons. The second kappa shape index (κ2) is 5.43. The average Bonchev–Trinajstić information content (AvgIpc) is 2.22. The molecule has 1 amide bonds. The van der Waals surface area contributed by atoms with Gasteiger partial charge in [-0.15, -0.1) is 0 Å². The van der Waals surface area contributed by atoms with Gasteiger partial charge in [-0.1, -0.05) is 17.7 Å². The number of hydrogen-bond donors (Lipinski definition) is 2. The second-order valence-corrected chi connectivity index (χ2v) is 2.99. The molecule has 0 bridgehead atoms. The first kappa shape index (κ1) is 11.6. The molecule has 0 fully saturated rings. The summed E-state index contributed by atoms with van der Waals surface area (Å²) in [4.78, 5) is 10.6. The molecule has 0 atom stereocenters. The van der Waals surface area contributed by atoms with Crippen molar-refractivity contribution in [3.05, 3.63) is 34.6 Å². The summed E-state index contributed by atoms with van der Waals surface area (Å²) in [5.41, 5.74) is 2.07. The lowest BCUT2D eigenvalue weighted by Crippen LogP contribution is -2.20. The van der Waals surface area contributed by atoms with Crippen molar-refractivity contribution < 1.29 is 14.3 Å². The summed E-state index contributed by atoms with van der Waals surface area (Å²) in [6.45, 7) is -0.678. The topological polar surface area (TPSA) is 61.7 Å². The van der Waals surface area contributed by atoms with Crippen molar-refractivity contribution in [2.75, 3.05) is 6.61 Å². The van der Waals surface area contributed by atoms with E-state index in [0.29, 0.717) is 0 Å². The fraction of sp³-hybridized carbons (Fsp3) is 0.111. The van der Waals surface area contributed by atoms with Crippen LogP contribution in [-0.2, 0) is 4.79 Å². The number of hydrazone groups is 1. The van der Waals surface area contributed by atoms with Crippen LogP contribution in [-0.4, -0.2) is 23.8 Å². The van der Waals surface area contributed by atoms with Gasteiger partial charge in [-0.3, -0.25) is 4.79 Å². The third kappa shape index (κ3) is 3.30. The summed E-state index contributed by atoms with van der Waals surface area (Å²) < 4.78 is 13.1. The predicted octanol–water partition coefficient (Wildman–Crippen LogP) is 0.921. The Balaban J connectivity index is 2.76. The van der Waals surface area contributed by atoms with Gasteiger partial charge in [0.2, 0.25) is 0 Å². The van der Waals surface area contributed by atoms with Gasteiger partial charge in [0, 0.05) is 5.56 Å². The zero-order valence-electron chi connectivity index (χ0n) is 7.58. The smallest absolute Gasteiger partial charge is 0.265 e. The van der Waals surface area contributed by atoms with Gasteiger partial charge in [0.05, 0.1) is 11.2 Å². The van der Waals surface area contributed by atoms with E-state index in [1.165, 1.54) is 18.2 Å². The van der Waals surface area contributed by atoms with Crippen molar-refractivity contribution in [2.45, 2.75) is 0 Å². The van der Waals surface area contributed by atoms with Crippen LogP contribution < -0.4 is 5.43 Å². The lowest BCUT2D eigenvalue weighted by molar-refractivity contribution is -0.123. The highest BCUT2D eigenvalue weighted by atomic mass is 35.5. The van der Waals surface area contributed by atoms with Crippen LogP contribution in [0.5, 0.6) is 0 Å². The van der Waals surface area contributed by atoms with Crippen LogP contribution in [0, 0.1) is 5.82 Å². The normalized spacial score (nSPS) is 10.6. The van der Waals surface area contributed by atoms with Crippen LogP contribution in [0.3, 0.4) is 0 Å². The first-order valence-corrected chi connectivity index (χ1v) is 4.39. The van der Waals surface area contributed by atoms with Gasteiger partial charge in [-0.25, -0.2) is 9.82 Å². The molecule has 0 unspecified atom stereocenters. The van der Waals surface area contributed by atoms with Gasteiger partial charge in [-0.05, 0) is 12.1 Å². The maximum atomic E-state index is 13.1. The fourth-order valence-corrected chi connectivity index (χ4v) is 1.05. The average molecular weight is 231 g/mol. The highest BCUT2D eigenvalue weighted by Crippen LogP contribution is 2.16. The molecule has 15 heavy (non-hydrogen) atoms. The number of hydrogen-bond acceptors (Lipinski definition) is 3. The van der Waals surface area contributed by atoms with Gasteiger partial charge < -0.3 is 5.11 Å². The van der Waals surface area contributed by atoms with E-state index >= 15 is 0 Å². The summed E-state index contributed by atoms with van der Waals surface area (Å²) in [5, 5.41) is 12.0. The van der Waals surface area contributed by atoms with Crippen molar-refractivity contribution >= 4 is 23.7 Å². The Morgan fingerprint density at radius 3 is 3.00 bits per heavy atom. The minimum atomic E-state index is -0.682. The minimum absolute atomic E-state index is 0.0809. The molecule has 6 heteroatoms. The highest BCUT2D eigenvalue weighted by molar-refractivity contribution is 6.33. The summed E-state index contributed by atoms with van der Waals surface area (Å²) in [6.07, 6.45) is 1.07. The van der Waals surface area contributed by atoms with E-state index in [9.17, 15) is 9.18 Å². The van der Waals surface area contributed by atoms with E-state index in [0.717, 1.165) is 6.21 Å². The van der Waals surface area contributed by atoms with E-state index < -0.39 is 18.3 Å². The van der Waals surface area contributed by atoms with Crippen molar-refractivity contribution in [3.8, 4) is 0 Å². The Hall–Kier alpha value is -1.46. The molecule has 1 aromatic carbocycles. The molecule has 0 aromatic heterocycles. The zero-order chi connectivity index (χ0) is 11.3. The monoisotopic (exact) mass is 230 g/mol. The quantitative estimate of drug-likeness (QED) is 0.599. The first-order chi connectivity index (χ1) is 7.15. The third-order valence-electron chi connectivity index (χ3n) is 1.53. The van der Waals surface area contributed by atoms with Gasteiger partial charge in [-0.2, -0.15) is 5.10 Å². The van der Waals surface area contributed by atoms with Gasteiger partial charge in [0.15, 0.2) is 0 Å². The van der Waals surface area contributed by atoms with Crippen LogP contribution in [0.15, 0.2) is 23.3 Å². The standard InChI is InChI=1S/C9H8ClFN2O2/c10-7-2-1-3-8(11)6(7)4-12-13-9(15)5-14/h1-4,14H,5H2,(H,13,15)/b12-4-. The number of nitrogens with one attached hydrogen (secondary N) is 1. The number of aliphatic hydroxyl groups excluding tert-OH is 1. The molecule has 4 nitrogen and oxygen atoms in total. The molecule has 0 saturated heterocycles. The number of amides is 1. The Kier molecular flexibility index (Phi) is 4.20. The molecule has 0 aliphatic carbocycles. The maximum absolute atomic E-state index is 13.1. The van der Waals surface area contributed by atoms with Crippen LogP contribution in [0.4, 0.5) is 4.39 Å². The van der Waals surface area contributed by atoms with Gasteiger partial charge >= 0.3 is 0 Å². The molecule has 0 aliphatic rings. The lowest BCUT2D eigenvalue weighted by Gasteiger charge is -1.99. The molecule has 0 spiro atoms. The Labute approximate surface area is 90.4 Å². The van der Waals surface area contributed by atoms with Crippen LogP contribution in [0.2, 0.25) is 5.02 Å². The number of carbonyl (C=O) groups is 1. The number of rotatable bonds is 3. The van der Waals surface area contributed by atoms with Crippen LogP contribution in [0.1, 0.15) is 5.56 Å². The predicted molar refractivity (Wildman–Crippen MR) is 54.2 cm³/mol. The van der Waals surface area contributed by atoms with Gasteiger partial charge in [0.1, 0.15) is 12.4 Å². The molecule has 0 aliphatic heterocycles. The maximum Gasteiger partial charge on any atom is 0.265 e. The van der Waals surface area contributed by atoms with Crippen LogP contribution >= 0.6 is 11.6 Å². The molecular formula is C9H8ClFN2O2. The van der Waals surface area contributed by atoms with Crippen molar-refractivity contribution in [1.29, 1.82) is 0 Å². The lowest BCUT2D eigenvalue weighted by atomic mass is 10.2. The second-order valence-electron chi connectivity index (χ2n) is 2.59. The Morgan fingerprint density at radius 1 is 1.67 bits per heavy atom. The van der Waals surface area contributed by atoms with Crippen molar-refractivity contribution in [1.82, 2.24) is 5.43 Å². The van der Waals surface area contributed by atoms with E-state index in [-0.39, 0.29) is 10.6 Å². The van der Waals surface area contributed by atoms with E-state index in [1.54, 1.807) is 0 Å². The van der Waals surface area contributed by atoms with E-state index in [2.05, 4.69) is 5.10 Å². The zero-order valence-corrected chi connectivity index (χ0v) is 8.33. The highest BCUT2D eigenvalue weighted by Gasteiger charge is 2.03. The summed E-state index contributed by atoms with van der Waals surface area (Å²) in [6, 6.07) is 4.18. The molecule has 0 radical (unpaired) electrons. The molecule has 1 aromatic rings. The summed E-state index contributed by atoms with van der Waals surface area (Å²) >= 11 is 5.69. The summed E-state index contributed by atoms with van der Waals surface area (Å²) in [7, 11) is 0. The number of nitrogens with zero attached hydrogens (tertiary/aromatic N) is 1. The largest absolute Gasteiger partial charge is 0.386 e.